The number of nitrogens with one attached hydrogen (secondary N) is 1. The molecule has 0 saturated carbocycles. The molecule has 1 aromatic rings. The molecule has 5 heteroatoms. The zero-order chi connectivity index (χ0) is 15.4. The molecule has 21 heavy (non-hydrogen) atoms. The molecule has 0 aromatic carbocycles. The van der Waals surface area contributed by atoms with Crippen LogP contribution in [0.4, 0.5) is 4.79 Å². The van der Waals surface area contributed by atoms with Crippen LogP contribution in [0.3, 0.4) is 0 Å². The number of amides is 1. The number of carbonyl (C=O) groups excluding carboxylic acids is 1. The molecular weight excluding hydrogens is 268 g/mol. The Morgan fingerprint density at radius 2 is 2.14 bits per heavy atom. The number of aryl methyl sites for hydroxylation is 2. The molecule has 1 fully saturated rings. The van der Waals surface area contributed by atoms with E-state index >= 15 is 0 Å². The van der Waals surface area contributed by atoms with Gasteiger partial charge in [0.25, 0.3) is 0 Å². The van der Waals surface area contributed by atoms with Crippen molar-refractivity contribution < 1.29 is 13.9 Å². The molecule has 0 radical (unpaired) electrons. The summed E-state index contributed by atoms with van der Waals surface area (Å²) in [7, 11) is 0. The normalized spacial score (nSPS) is 17.8. The second-order valence-corrected chi connectivity index (χ2v) is 5.72. The minimum atomic E-state index is -0.190. The van der Waals surface area contributed by atoms with E-state index in [1.54, 1.807) is 4.90 Å². The minimum Gasteiger partial charge on any atom is -0.466 e. The fraction of sp³-hybridized carbons (Fsp3) is 0.688. The van der Waals surface area contributed by atoms with Gasteiger partial charge in [0.15, 0.2) is 0 Å². The molecule has 1 atom stereocenters. The monoisotopic (exact) mass is 294 g/mol. The molecule has 5 nitrogen and oxygen atoms in total. The molecule has 2 rings (SSSR count). The van der Waals surface area contributed by atoms with Crippen LogP contribution in [0.1, 0.15) is 49.8 Å². The third-order valence-corrected chi connectivity index (χ3v) is 4.05. The van der Waals surface area contributed by atoms with Crippen molar-refractivity contribution in [2.24, 2.45) is 0 Å². The first-order valence-electron chi connectivity index (χ1n) is 7.76. The van der Waals surface area contributed by atoms with Crippen molar-refractivity contribution in [3.05, 3.63) is 23.2 Å². The molecule has 1 aliphatic heterocycles. The fourth-order valence-electron chi connectivity index (χ4n) is 2.97. The quantitative estimate of drug-likeness (QED) is 0.926. The highest BCUT2D eigenvalue weighted by Gasteiger charge is 2.25. The van der Waals surface area contributed by atoms with Crippen LogP contribution >= 0.6 is 0 Å². The highest BCUT2D eigenvalue weighted by Crippen LogP contribution is 2.23. The summed E-state index contributed by atoms with van der Waals surface area (Å²) in [6, 6.07) is 2.79. The summed E-state index contributed by atoms with van der Waals surface area (Å²) in [6.45, 7) is 9.93. The number of hydrogen-bond acceptors (Lipinski definition) is 4. The summed E-state index contributed by atoms with van der Waals surface area (Å²) in [5.74, 6) is 1.93. The van der Waals surface area contributed by atoms with E-state index < -0.39 is 0 Å². The lowest BCUT2D eigenvalue weighted by molar-refractivity contribution is 0.0943. The highest BCUT2D eigenvalue weighted by atomic mass is 16.6. The first-order chi connectivity index (χ1) is 10.0. The fourth-order valence-corrected chi connectivity index (χ4v) is 2.97. The van der Waals surface area contributed by atoms with Gasteiger partial charge in [-0.1, -0.05) is 0 Å². The lowest BCUT2D eigenvalue weighted by Gasteiger charge is -2.33. The summed E-state index contributed by atoms with van der Waals surface area (Å²) in [5, 5.41) is 3.64. The van der Waals surface area contributed by atoms with E-state index in [-0.39, 0.29) is 12.1 Å². The number of piperidine rings is 1. The van der Waals surface area contributed by atoms with Crippen LogP contribution < -0.4 is 5.32 Å². The Kier molecular flexibility index (Phi) is 5.28. The molecule has 0 aliphatic carbocycles. The van der Waals surface area contributed by atoms with Crippen LogP contribution in [0, 0.1) is 13.8 Å². The van der Waals surface area contributed by atoms with Gasteiger partial charge < -0.3 is 19.4 Å². The first kappa shape index (κ1) is 15.9. The average molecular weight is 294 g/mol. The van der Waals surface area contributed by atoms with Crippen LogP contribution in [-0.2, 0) is 4.74 Å². The number of nitrogens with zero attached hydrogens (tertiary/aromatic N) is 1. The Labute approximate surface area is 126 Å². The Hall–Kier alpha value is -1.49. The summed E-state index contributed by atoms with van der Waals surface area (Å²) < 4.78 is 10.6. The van der Waals surface area contributed by atoms with Crippen molar-refractivity contribution in [1.82, 2.24) is 10.2 Å². The average Bonchev–Trinajstić information content (AvgIpc) is 2.79. The maximum Gasteiger partial charge on any atom is 0.409 e. The largest absolute Gasteiger partial charge is 0.466 e. The van der Waals surface area contributed by atoms with Crippen LogP contribution in [0.25, 0.3) is 0 Å². The molecule has 0 spiro atoms. The van der Waals surface area contributed by atoms with Crippen LogP contribution in [-0.4, -0.2) is 36.7 Å². The van der Waals surface area contributed by atoms with E-state index in [9.17, 15) is 4.79 Å². The van der Waals surface area contributed by atoms with E-state index in [0.29, 0.717) is 12.6 Å². The highest BCUT2D eigenvalue weighted by molar-refractivity contribution is 5.67. The number of rotatable bonds is 4. The van der Waals surface area contributed by atoms with Gasteiger partial charge in [0.2, 0.25) is 0 Å². The number of ether oxygens (including phenoxy) is 1. The standard InChI is InChI=1S/C16H26N2O3/c1-5-20-16(19)18-8-6-14(7-9-18)17-12(3)15-10-11(2)21-13(15)4/h10,12,14,17H,5-9H2,1-4H3. The summed E-state index contributed by atoms with van der Waals surface area (Å²) >= 11 is 0. The lowest BCUT2D eigenvalue weighted by Crippen LogP contribution is -2.45. The minimum absolute atomic E-state index is 0.190. The Bertz CT molecular complexity index is 476. The zero-order valence-corrected chi connectivity index (χ0v) is 13.4. The lowest BCUT2D eigenvalue weighted by atomic mass is 10.0. The molecule has 1 saturated heterocycles. The van der Waals surface area contributed by atoms with Crippen LogP contribution in [0.5, 0.6) is 0 Å². The van der Waals surface area contributed by atoms with Crippen molar-refractivity contribution in [2.75, 3.05) is 19.7 Å². The maximum absolute atomic E-state index is 11.7. The van der Waals surface area contributed by atoms with Gasteiger partial charge in [0.05, 0.1) is 6.61 Å². The second kappa shape index (κ2) is 6.98. The Balaban J connectivity index is 1.83. The van der Waals surface area contributed by atoms with Crippen molar-refractivity contribution in [1.29, 1.82) is 0 Å². The predicted octanol–water partition coefficient (Wildman–Crippen LogP) is 3.17. The van der Waals surface area contributed by atoms with Gasteiger partial charge in [-0.25, -0.2) is 4.79 Å². The van der Waals surface area contributed by atoms with Gasteiger partial charge in [-0.15, -0.1) is 0 Å². The maximum atomic E-state index is 11.7. The van der Waals surface area contributed by atoms with Gasteiger partial charge in [-0.05, 0) is 46.6 Å². The molecule has 1 unspecified atom stereocenters. The van der Waals surface area contributed by atoms with Crippen molar-refractivity contribution in [3.63, 3.8) is 0 Å². The first-order valence-corrected chi connectivity index (χ1v) is 7.76. The number of likely N-dealkylation sites (tertiary alicyclic amines) is 1. The Morgan fingerprint density at radius 3 is 2.67 bits per heavy atom. The van der Waals surface area contributed by atoms with Gasteiger partial charge in [0.1, 0.15) is 11.5 Å². The SMILES string of the molecule is CCOC(=O)N1CCC(NC(C)c2cc(C)oc2C)CC1. The van der Waals surface area contributed by atoms with E-state index in [4.69, 9.17) is 9.15 Å². The van der Waals surface area contributed by atoms with Crippen molar-refractivity contribution in [2.45, 2.75) is 52.6 Å². The van der Waals surface area contributed by atoms with E-state index in [1.807, 2.05) is 20.8 Å². The predicted molar refractivity (Wildman–Crippen MR) is 81.3 cm³/mol. The summed E-state index contributed by atoms with van der Waals surface area (Å²) in [5.41, 5.74) is 1.22. The number of hydrogen-bond donors (Lipinski definition) is 1. The molecule has 1 aromatic heterocycles. The zero-order valence-electron chi connectivity index (χ0n) is 13.4. The van der Waals surface area contributed by atoms with Crippen molar-refractivity contribution >= 4 is 6.09 Å². The van der Waals surface area contributed by atoms with Crippen LogP contribution in [0.2, 0.25) is 0 Å². The van der Waals surface area contributed by atoms with Gasteiger partial charge >= 0.3 is 6.09 Å². The molecule has 0 bridgehead atoms. The van der Waals surface area contributed by atoms with E-state index in [1.165, 1.54) is 5.56 Å². The van der Waals surface area contributed by atoms with Crippen LogP contribution in [0.15, 0.2) is 10.5 Å². The van der Waals surface area contributed by atoms with Crippen molar-refractivity contribution in [3.8, 4) is 0 Å². The third kappa shape index (κ3) is 4.00. The smallest absolute Gasteiger partial charge is 0.409 e. The molecule has 2 heterocycles. The number of furan rings is 1. The summed E-state index contributed by atoms with van der Waals surface area (Å²) in [4.78, 5) is 13.5. The molecule has 1 N–H and O–H groups in total. The topological polar surface area (TPSA) is 54.7 Å². The molecular formula is C16H26N2O3. The Morgan fingerprint density at radius 1 is 1.48 bits per heavy atom. The molecule has 1 amide bonds. The molecule has 1 aliphatic rings. The van der Waals surface area contributed by atoms with E-state index in [0.717, 1.165) is 37.5 Å². The second-order valence-electron chi connectivity index (χ2n) is 5.72. The van der Waals surface area contributed by atoms with Gasteiger partial charge in [0, 0.05) is 30.7 Å². The summed E-state index contributed by atoms with van der Waals surface area (Å²) in [6.07, 6.45) is 1.73. The van der Waals surface area contributed by atoms with Gasteiger partial charge in [-0.2, -0.15) is 0 Å². The third-order valence-electron chi connectivity index (χ3n) is 4.05. The van der Waals surface area contributed by atoms with E-state index in [2.05, 4.69) is 18.3 Å². The molecule has 118 valence electrons. The number of carbonyl (C=O) groups is 1. The van der Waals surface area contributed by atoms with Gasteiger partial charge in [-0.3, -0.25) is 0 Å².